The number of aromatic amines is 1. The Morgan fingerprint density at radius 1 is 1.08 bits per heavy atom. The van der Waals surface area contributed by atoms with Gasteiger partial charge in [0, 0.05) is 40.1 Å². The number of benzene rings is 3. The van der Waals surface area contributed by atoms with Gasteiger partial charge in [0.2, 0.25) is 12.7 Å². The van der Waals surface area contributed by atoms with Gasteiger partial charge in [0.1, 0.15) is 5.75 Å². The van der Waals surface area contributed by atoms with E-state index in [1.807, 2.05) is 59.3 Å². The van der Waals surface area contributed by atoms with E-state index in [1.54, 1.807) is 25.3 Å². The molecule has 0 unspecified atom stereocenters. The molecule has 1 amide bonds. The molecule has 3 heterocycles. The van der Waals surface area contributed by atoms with E-state index in [2.05, 4.69) is 20.5 Å². The maximum atomic E-state index is 12.7. The van der Waals surface area contributed by atoms with Gasteiger partial charge in [0.15, 0.2) is 22.5 Å². The highest BCUT2D eigenvalue weighted by atomic mass is 32.2. The van der Waals surface area contributed by atoms with Crippen LogP contribution < -0.4 is 19.5 Å². The molecule has 180 valence electrons. The first-order valence-electron chi connectivity index (χ1n) is 11.2. The molecule has 1 aliphatic rings. The summed E-state index contributed by atoms with van der Waals surface area (Å²) in [7, 11) is 1.63. The number of carbonyl (C=O) groups excluding carboxylic acids is 1. The van der Waals surface area contributed by atoms with Gasteiger partial charge in [-0.1, -0.05) is 30.0 Å². The lowest BCUT2D eigenvalue weighted by Crippen LogP contribution is -2.14. The standard InChI is InChI=1S/C26H21N5O4S/c1-33-18-9-7-17(8-10-18)31-25(20-13-27-21-5-3-2-4-19(20)21)29-30-26(31)36-14-24(32)28-16-6-11-22-23(12-16)35-15-34-22/h2-13,27H,14-15H2,1H3,(H,28,32). The third kappa shape index (κ3) is 4.11. The molecule has 6 rings (SSSR count). The van der Waals surface area contributed by atoms with Gasteiger partial charge in [-0.3, -0.25) is 9.36 Å². The highest BCUT2D eigenvalue weighted by Gasteiger charge is 2.20. The fourth-order valence-electron chi connectivity index (χ4n) is 4.06. The molecule has 10 heteroatoms. The van der Waals surface area contributed by atoms with Gasteiger partial charge in [-0.15, -0.1) is 10.2 Å². The van der Waals surface area contributed by atoms with Gasteiger partial charge >= 0.3 is 0 Å². The van der Waals surface area contributed by atoms with Gasteiger partial charge in [-0.05, 0) is 42.5 Å². The maximum absolute atomic E-state index is 12.7. The first-order chi connectivity index (χ1) is 17.7. The monoisotopic (exact) mass is 499 g/mol. The summed E-state index contributed by atoms with van der Waals surface area (Å²) in [5.74, 6) is 2.69. The first-order valence-corrected chi connectivity index (χ1v) is 12.2. The Labute approximate surface area is 210 Å². The number of methoxy groups -OCH3 is 1. The Bertz CT molecular complexity index is 1560. The number of amides is 1. The van der Waals surface area contributed by atoms with Gasteiger partial charge < -0.3 is 24.5 Å². The maximum Gasteiger partial charge on any atom is 0.234 e. The van der Waals surface area contributed by atoms with E-state index < -0.39 is 0 Å². The van der Waals surface area contributed by atoms with Crippen molar-refractivity contribution in [1.29, 1.82) is 0 Å². The highest BCUT2D eigenvalue weighted by molar-refractivity contribution is 7.99. The fraction of sp³-hybridized carbons (Fsp3) is 0.115. The summed E-state index contributed by atoms with van der Waals surface area (Å²) in [5.41, 5.74) is 3.43. The number of fused-ring (bicyclic) bond motifs is 2. The number of thioether (sulfide) groups is 1. The lowest BCUT2D eigenvalue weighted by atomic mass is 10.1. The van der Waals surface area contributed by atoms with E-state index in [0.717, 1.165) is 27.9 Å². The number of ether oxygens (including phenoxy) is 3. The molecule has 0 fully saturated rings. The molecule has 2 aromatic heterocycles. The van der Waals surface area contributed by atoms with Crippen molar-refractivity contribution in [2.45, 2.75) is 5.16 Å². The number of rotatable bonds is 7. The Morgan fingerprint density at radius 3 is 2.78 bits per heavy atom. The minimum absolute atomic E-state index is 0.149. The summed E-state index contributed by atoms with van der Waals surface area (Å²) in [6.07, 6.45) is 1.93. The first kappa shape index (κ1) is 22.1. The lowest BCUT2D eigenvalue weighted by molar-refractivity contribution is -0.113. The largest absolute Gasteiger partial charge is 0.497 e. The second kappa shape index (κ2) is 9.31. The van der Waals surface area contributed by atoms with Crippen LogP contribution in [0, 0.1) is 0 Å². The van der Waals surface area contributed by atoms with E-state index in [4.69, 9.17) is 14.2 Å². The molecule has 0 radical (unpaired) electrons. The van der Waals surface area contributed by atoms with Crippen molar-refractivity contribution in [1.82, 2.24) is 19.7 Å². The number of H-pyrrole nitrogens is 1. The molecular weight excluding hydrogens is 478 g/mol. The topological polar surface area (TPSA) is 103 Å². The minimum Gasteiger partial charge on any atom is -0.497 e. The number of hydrogen-bond acceptors (Lipinski definition) is 7. The second-order valence-electron chi connectivity index (χ2n) is 7.99. The van der Waals surface area contributed by atoms with E-state index in [1.165, 1.54) is 11.8 Å². The van der Waals surface area contributed by atoms with E-state index >= 15 is 0 Å². The molecule has 36 heavy (non-hydrogen) atoms. The van der Waals surface area contributed by atoms with Crippen LogP contribution in [0.5, 0.6) is 17.2 Å². The molecule has 0 spiro atoms. The van der Waals surface area contributed by atoms with Crippen molar-refractivity contribution in [3.63, 3.8) is 0 Å². The van der Waals surface area contributed by atoms with Crippen LogP contribution in [0.15, 0.2) is 78.1 Å². The molecule has 2 N–H and O–H groups in total. The summed E-state index contributed by atoms with van der Waals surface area (Å²) < 4.78 is 18.0. The quantitative estimate of drug-likeness (QED) is 0.308. The number of carbonyl (C=O) groups is 1. The number of para-hydroxylation sites is 1. The minimum atomic E-state index is -0.170. The van der Waals surface area contributed by atoms with Gasteiger partial charge in [0.25, 0.3) is 0 Å². The van der Waals surface area contributed by atoms with E-state index in [-0.39, 0.29) is 18.5 Å². The number of aromatic nitrogens is 4. The third-order valence-electron chi connectivity index (χ3n) is 5.78. The van der Waals surface area contributed by atoms with E-state index in [0.29, 0.717) is 28.2 Å². The second-order valence-corrected chi connectivity index (χ2v) is 8.93. The van der Waals surface area contributed by atoms with Crippen LogP contribution in [0.25, 0.3) is 28.0 Å². The molecule has 1 aliphatic heterocycles. The van der Waals surface area contributed by atoms with Crippen molar-refractivity contribution >= 4 is 34.3 Å². The van der Waals surface area contributed by atoms with Crippen LogP contribution in [0.4, 0.5) is 5.69 Å². The molecule has 0 atom stereocenters. The summed E-state index contributed by atoms with van der Waals surface area (Å²) in [5, 5.41) is 13.5. The summed E-state index contributed by atoms with van der Waals surface area (Å²) in [4.78, 5) is 16.0. The molecule has 0 saturated carbocycles. The zero-order valence-electron chi connectivity index (χ0n) is 19.2. The molecule has 9 nitrogen and oxygen atoms in total. The van der Waals surface area contributed by atoms with Crippen LogP contribution in [-0.4, -0.2) is 45.3 Å². The van der Waals surface area contributed by atoms with Crippen LogP contribution in [-0.2, 0) is 4.79 Å². The molecule has 5 aromatic rings. The van der Waals surface area contributed by atoms with Crippen molar-refractivity contribution in [3.05, 3.63) is 72.9 Å². The SMILES string of the molecule is COc1ccc(-n2c(SCC(=O)Nc3ccc4c(c3)OCO4)nnc2-c2c[nH]c3ccccc23)cc1. The number of hydrogen-bond donors (Lipinski definition) is 2. The molecular formula is C26H21N5O4S. The zero-order chi connectivity index (χ0) is 24.5. The third-order valence-corrected chi connectivity index (χ3v) is 6.71. The van der Waals surface area contributed by atoms with Crippen LogP contribution in [0.2, 0.25) is 0 Å². The predicted octanol–water partition coefficient (Wildman–Crippen LogP) is 4.88. The number of nitrogens with zero attached hydrogens (tertiary/aromatic N) is 3. The smallest absolute Gasteiger partial charge is 0.234 e. The van der Waals surface area contributed by atoms with Crippen LogP contribution in [0.3, 0.4) is 0 Å². The average Bonchev–Trinajstić information content (AvgIpc) is 3.65. The van der Waals surface area contributed by atoms with Crippen LogP contribution in [0.1, 0.15) is 0 Å². The van der Waals surface area contributed by atoms with Gasteiger partial charge in [0.05, 0.1) is 12.9 Å². The van der Waals surface area contributed by atoms with Crippen LogP contribution >= 0.6 is 11.8 Å². The van der Waals surface area contributed by atoms with Crippen molar-refractivity contribution < 1.29 is 19.0 Å². The Kier molecular flexibility index (Phi) is 5.70. The predicted molar refractivity (Wildman–Crippen MR) is 137 cm³/mol. The van der Waals surface area contributed by atoms with Gasteiger partial charge in [-0.2, -0.15) is 0 Å². The number of nitrogens with one attached hydrogen (secondary N) is 2. The normalized spacial score (nSPS) is 12.1. The van der Waals surface area contributed by atoms with E-state index in [9.17, 15) is 4.79 Å². The Morgan fingerprint density at radius 2 is 1.92 bits per heavy atom. The van der Waals surface area contributed by atoms with Crippen molar-refractivity contribution in [2.75, 3.05) is 25.0 Å². The summed E-state index contributed by atoms with van der Waals surface area (Å²) in [6.45, 7) is 0.183. The molecule has 3 aromatic carbocycles. The molecule has 0 aliphatic carbocycles. The average molecular weight is 500 g/mol. The van der Waals surface area contributed by atoms with Crippen molar-refractivity contribution in [2.24, 2.45) is 0 Å². The van der Waals surface area contributed by atoms with Crippen molar-refractivity contribution in [3.8, 4) is 34.3 Å². The lowest BCUT2D eigenvalue weighted by Gasteiger charge is -2.11. The summed E-state index contributed by atoms with van der Waals surface area (Å²) in [6, 6.07) is 21.0. The fourth-order valence-corrected chi connectivity index (χ4v) is 4.81. The number of anilines is 1. The Balaban J connectivity index is 1.29. The van der Waals surface area contributed by atoms with Gasteiger partial charge in [-0.25, -0.2) is 0 Å². The molecule has 0 saturated heterocycles. The summed E-state index contributed by atoms with van der Waals surface area (Å²) >= 11 is 1.31. The highest BCUT2D eigenvalue weighted by Crippen LogP contribution is 2.35. The Hall–Kier alpha value is -4.44. The zero-order valence-corrected chi connectivity index (χ0v) is 20.0. The molecule has 0 bridgehead atoms.